The highest BCUT2D eigenvalue weighted by atomic mass is 28.3. The summed E-state index contributed by atoms with van der Waals surface area (Å²) in [5, 5.41) is 0.859. The lowest BCUT2D eigenvalue weighted by Gasteiger charge is -2.31. The Morgan fingerprint density at radius 3 is 2.04 bits per heavy atom. The molecule has 1 aromatic carbocycles. The van der Waals surface area contributed by atoms with Crippen molar-refractivity contribution in [1.29, 1.82) is 0 Å². The predicted octanol–water partition coefficient (Wildman–Crippen LogP) is 5.25. The molecule has 1 amide bonds. The van der Waals surface area contributed by atoms with E-state index in [1.807, 2.05) is 45.9 Å². The number of hydrogen-bond donors (Lipinski definition) is 0. The Balaban J connectivity index is 2.93. The first kappa shape index (κ1) is 19.5. The number of carbonyl (C=O) groups is 1. The van der Waals surface area contributed by atoms with Gasteiger partial charge < -0.3 is 9.64 Å². The normalized spacial score (nSPS) is 12.7. The number of amides is 1. The standard InChI is InChI=1S/C19H31NO2Si/c1-15(2)20(16(3)4)19(21)22-18(23(5,6)7)14-13-17-11-9-8-10-12-17/h8-12,14-16H,13H2,1-7H3/b18-14-. The minimum absolute atomic E-state index is 0.125. The molecule has 4 heteroatoms. The van der Waals surface area contributed by atoms with Crippen LogP contribution in [0.25, 0.3) is 0 Å². The summed E-state index contributed by atoms with van der Waals surface area (Å²) in [5.41, 5.74) is 1.23. The van der Waals surface area contributed by atoms with Crippen LogP contribution in [0.1, 0.15) is 33.3 Å². The van der Waals surface area contributed by atoms with Crippen LogP contribution in [-0.4, -0.2) is 31.2 Å². The highest BCUT2D eigenvalue weighted by molar-refractivity contribution is 6.82. The van der Waals surface area contributed by atoms with Gasteiger partial charge in [0, 0.05) is 12.1 Å². The van der Waals surface area contributed by atoms with Gasteiger partial charge in [0.25, 0.3) is 0 Å². The molecule has 0 radical (unpaired) electrons. The van der Waals surface area contributed by atoms with Gasteiger partial charge in [0.15, 0.2) is 0 Å². The van der Waals surface area contributed by atoms with E-state index in [9.17, 15) is 4.79 Å². The fourth-order valence-corrected chi connectivity index (χ4v) is 3.60. The first-order valence-corrected chi connectivity index (χ1v) is 11.9. The lowest BCUT2D eigenvalue weighted by molar-refractivity contribution is 0.105. The molecule has 1 aromatic rings. The largest absolute Gasteiger partial charge is 0.420 e. The summed E-state index contributed by atoms with van der Waals surface area (Å²) in [6, 6.07) is 10.5. The topological polar surface area (TPSA) is 29.5 Å². The first-order valence-electron chi connectivity index (χ1n) is 8.37. The summed E-state index contributed by atoms with van der Waals surface area (Å²) >= 11 is 0. The Morgan fingerprint density at radius 1 is 1.09 bits per heavy atom. The van der Waals surface area contributed by atoms with Crippen molar-refractivity contribution in [3.8, 4) is 0 Å². The van der Waals surface area contributed by atoms with E-state index in [4.69, 9.17) is 4.74 Å². The molecule has 0 atom stereocenters. The highest BCUT2D eigenvalue weighted by Gasteiger charge is 2.28. The van der Waals surface area contributed by atoms with Crippen LogP contribution in [0.5, 0.6) is 0 Å². The van der Waals surface area contributed by atoms with Crippen molar-refractivity contribution in [3.05, 3.63) is 47.4 Å². The van der Waals surface area contributed by atoms with Crippen molar-refractivity contribution in [2.75, 3.05) is 0 Å². The minimum Gasteiger partial charge on any atom is -0.420 e. The Hall–Kier alpha value is -1.55. The number of nitrogens with zero attached hydrogens (tertiary/aromatic N) is 1. The molecule has 0 heterocycles. The number of allylic oxidation sites excluding steroid dienone is 1. The van der Waals surface area contributed by atoms with E-state index >= 15 is 0 Å². The van der Waals surface area contributed by atoms with Gasteiger partial charge in [-0.3, -0.25) is 0 Å². The molecule has 0 aliphatic heterocycles. The van der Waals surface area contributed by atoms with Gasteiger partial charge in [0.2, 0.25) is 0 Å². The Labute approximate surface area is 142 Å². The molecular weight excluding hydrogens is 302 g/mol. The monoisotopic (exact) mass is 333 g/mol. The van der Waals surface area contributed by atoms with Crippen LogP contribution >= 0.6 is 0 Å². The van der Waals surface area contributed by atoms with Crippen molar-refractivity contribution in [2.45, 2.75) is 65.8 Å². The van der Waals surface area contributed by atoms with E-state index in [0.717, 1.165) is 11.8 Å². The van der Waals surface area contributed by atoms with Gasteiger partial charge in [-0.05, 0) is 45.8 Å². The number of hydrogen-bond acceptors (Lipinski definition) is 2. The van der Waals surface area contributed by atoms with Crippen LogP contribution < -0.4 is 0 Å². The quantitative estimate of drug-likeness (QED) is 0.526. The van der Waals surface area contributed by atoms with Gasteiger partial charge in [-0.25, -0.2) is 4.79 Å². The molecule has 0 aromatic heterocycles. The summed E-state index contributed by atoms with van der Waals surface area (Å²) in [5.74, 6) is 0. The summed E-state index contributed by atoms with van der Waals surface area (Å²) in [6.45, 7) is 14.7. The van der Waals surface area contributed by atoms with E-state index in [-0.39, 0.29) is 18.2 Å². The van der Waals surface area contributed by atoms with Crippen molar-refractivity contribution >= 4 is 14.2 Å². The molecule has 0 N–H and O–H groups in total. The lowest BCUT2D eigenvalue weighted by atomic mass is 10.1. The highest BCUT2D eigenvalue weighted by Crippen LogP contribution is 2.20. The number of rotatable bonds is 6. The maximum absolute atomic E-state index is 12.6. The van der Waals surface area contributed by atoms with Crippen molar-refractivity contribution in [2.24, 2.45) is 0 Å². The Morgan fingerprint density at radius 2 is 1.61 bits per heavy atom. The molecule has 0 bridgehead atoms. The third-order valence-electron chi connectivity index (χ3n) is 3.63. The van der Waals surface area contributed by atoms with Gasteiger partial charge in [-0.15, -0.1) is 0 Å². The van der Waals surface area contributed by atoms with Crippen LogP contribution in [0.2, 0.25) is 19.6 Å². The molecule has 1 rings (SSSR count). The first-order chi connectivity index (χ1) is 10.6. The molecule has 0 saturated heterocycles. The molecule has 23 heavy (non-hydrogen) atoms. The molecule has 128 valence electrons. The molecular formula is C19H31NO2Si. The zero-order valence-electron chi connectivity index (χ0n) is 15.6. The fourth-order valence-electron chi connectivity index (χ4n) is 2.49. The SMILES string of the molecule is CC(C)N(C(=O)O/C(=C/Cc1ccccc1)[Si](C)(C)C)C(C)C. The maximum Gasteiger partial charge on any atom is 0.414 e. The molecule has 0 aliphatic carbocycles. The Kier molecular flexibility index (Phi) is 7.07. The molecule has 0 fully saturated rings. The number of ether oxygens (including phenoxy) is 1. The number of carbonyl (C=O) groups excluding carboxylic acids is 1. The van der Waals surface area contributed by atoms with Crippen molar-refractivity contribution < 1.29 is 9.53 Å². The zero-order chi connectivity index (χ0) is 17.6. The fraction of sp³-hybridized carbons (Fsp3) is 0.526. The number of benzene rings is 1. The second kappa shape index (κ2) is 8.34. The van der Waals surface area contributed by atoms with Crippen molar-refractivity contribution in [3.63, 3.8) is 0 Å². The summed E-state index contributed by atoms with van der Waals surface area (Å²) < 4.78 is 5.83. The lowest BCUT2D eigenvalue weighted by Crippen LogP contribution is -2.43. The summed E-state index contributed by atoms with van der Waals surface area (Å²) in [7, 11) is -1.73. The molecule has 0 spiro atoms. The average Bonchev–Trinajstić information content (AvgIpc) is 2.42. The second-order valence-corrected chi connectivity index (χ2v) is 12.5. The second-order valence-electron chi connectivity index (χ2n) is 7.47. The summed E-state index contributed by atoms with van der Waals surface area (Å²) in [4.78, 5) is 14.4. The van der Waals surface area contributed by atoms with Crippen LogP contribution in [0, 0.1) is 0 Å². The van der Waals surface area contributed by atoms with Gasteiger partial charge in [0.05, 0.1) is 5.38 Å². The minimum atomic E-state index is -1.73. The predicted molar refractivity (Wildman–Crippen MR) is 100 cm³/mol. The van der Waals surface area contributed by atoms with E-state index in [1.54, 1.807) is 4.90 Å². The average molecular weight is 334 g/mol. The van der Waals surface area contributed by atoms with E-state index < -0.39 is 8.07 Å². The van der Waals surface area contributed by atoms with E-state index in [2.05, 4.69) is 37.8 Å². The van der Waals surface area contributed by atoms with Gasteiger partial charge in [-0.2, -0.15) is 0 Å². The molecule has 0 unspecified atom stereocenters. The van der Waals surface area contributed by atoms with Gasteiger partial charge in [0.1, 0.15) is 8.07 Å². The molecule has 0 aliphatic rings. The molecule has 3 nitrogen and oxygen atoms in total. The van der Waals surface area contributed by atoms with Crippen LogP contribution in [-0.2, 0) is 11.2 Å². The van der Waals surface area contributed by atoms with E-state index in [0.29, 0.717) is 0 Å². The van der Waals surface area contributed by atoms with Crippen LogP contribution in [0.3, 0.4) is 0 Å². The summed E-state index contributed by atoms with van der Waals surface area (Å²) in [6.07, 6.45) is 2.63. The van der Waals surface area contributed by atoms with Gasteiger partial charge >= 0.3 is 6.09 Å². The zero-order valence-corrected chi connectivity index (χ0v) is 16.6. The van der Waals surface area contributed by atoms with Crippen LogP contribution in [0.15, 0.2) is 41.8 Å². The Bertz CT molecular complexity index is 522. The third kappa shape index (κ3) is 6.22. The van der Waals surface area contributed by atoms with Crippen LogP contribution in [0.4, 0.5) is 4.79 Å². The molecule has 0 saturated carbocycles. The van der Waals surface area contributed by atoms with E-state index in [1.165, 1.54) is 5.56 Å². The smallest absolute Gasteiger partial charge is 0.414 e. The van der Waals surface area contributed by atoms with Gasteiger partial charge in [-0.1, -0.05) is 50.0 Å². The van der Waals surface area contributed by atoms with Crippen molar-refractivity contribution in [1.82, 2.24) is 4.90 Å². The third-order valence-corrected chi connectivity index (χ3v) is 5.41. The maximum atomic E-state index is 12.6.